The van der Waals surface area contributed by atoms with E-state index in [1.165, 1.54) is 89.9 Å². The van der Waals surface area contributed by atoms with E-state index in [-0.39, 0.29) is 5.75 Å². The molecule has 0 saturated carbocycles. The molecule has 1 atom stereocenters. The third-order valence-electron chi connectivity index (χ3n) is 6.45. The molecule has 4 heteroatoms. The third-order valence-corrected chi connectivity index (χ3v) is 7.92. The van der Waals surface area contributed by atoms with E-state index in [1.807, 2.05) is 30.3 Å². The molecule has 1 unspecified atom stereocenters. The maximum Gasteiger partial charge on any atom is 0.197 e. The molecule has 0 aliphatic carbocycles. The molecule has 32 heavy (non-hydrogen) atoms. The summed E-state index contributed by atoms with van der Waals surface area (Å²) in [4.78, 5) is 0.474. The number of nitrogen functional groups attached to an aromatic ring is 1. The zero-order valence-electron chi connectivity index (χ0n) is 20.2. The van der Waals surface area contributed by atoms with Crippen LogP contribution in [0.5, 0.6) is 5.75 Å². The Balaban J connectivity index is 1.48. The van der Waals surface area contributed by atoms with Crippen molar-refractivity contribution in [3.8, 4) is 5.75 Å². The number of phenolic OH excluding ortho intramolecular Hbond substituents is 1. The lowest BCUT2D eigenvalue weighted by Gasteiger charge is -2.14. The fourth-order valence-corrected chi connectivity index (χ4v) is 5.67. The summed E-state index contributed by atoms with van der Waals surface area (Å²) in [6.45, 7) is 2.28. The van der Waals surface area contributed by atoms with Crippen molar-refractivity contribution in [1.82, 2.24) is 0 Å². The summed E-state index contributed by atoms with van der Waals surface area (Å²) < 4.78 is 12.7. The molecule has 0 amide bonds. The van der Waals surface area contributed by atoms with E-state index < -0.39 is 11.2 Å². The second-order valence-corrected chi connectivity index (χ2v) is 10.8. The summed E-state index contributed by atoms with van der Waals surface area (Å²) in [6, 6.07) is 9.48. The molecule has 2 aromatic rings. The lowest BCUT2D eigenvalue weighted by Crippen LogP contribution is -2.08. The smallest absolute Gasteiger partial charge is 0.197 e. The van der Waals surface area contributed by atoms with E-state index in [0.29, 0.717) is 16.3 Å². The predicted octanol–water partition coefficient (Wildman–Crippen LogP) is 8.50. The van der Waals surface area contributed by atoms with Gasteiger partial charge in [0, 0.05) is 11.5 Å². The van der Waals surface area contributed by atoms with E-state index in [2.05, 4.69) is 6.92 Å². The number of fused-ring (bicyclic) bond motifs is 1. The molecule has 0 fully saturated rings. The van der Waals surface area contributed by atoms with E-state index >= 15 is 0 Å². The summed E-state index contributed by atoms with van der Waals surface area (Å²) in [5, 5.41) is 12.1. The van der Waals surface area contributed by atoms with Gasteiger partial charge in [-0.1, -0.05) is 121 Å². The number of phenols is 1. The van der Waals surface area contributed by atoms with Crippen LogP contribution in [-0.4, -0.2) is 15.4 Å². The number of hydrogen-bond donors (Lipinski definition) is 2. The zero-order valence-corrected chi connectivity index (χ0v) is 21.1. The number of unbranched alkanes of at least 4 members (excludes halogenated alkanes) is 15. The van der Waals surface area contributed by atoms with Crippen LogP contribution in [0.25, 0.3) is 10.8 Å². The van der Waals surface area contributed by atoms with Gasteiger partial charge in [-0.15, -0.1) is 0 Å². The number of nitrogens with two attached hydrogens (primary N) is 1. The molecule has 0 heterocycles. The molecule has 2 aromatic carbocycles. The van der Waals surface area contributed by atoms with Gasteiger partial charge in [-0.3, -0.25) is 0 Å². The molecule has 3 N–H and O–H groups in total. The zero-order chi connectivity index (χ0) is 23.0. The highest BCUT2D eigenvalue weighted by atomic mass is 32.2. The first kappa shape index (κ1) is 26.9. The van der Waals surface area contributed by atoms with Gasteiger partial charge >= 0.3 is 0 Å². The van der Waals surface area contributed by atoms with Gasteiger partial charge in [-0.05, 0) is 29.4 Å². The lowest BCUT2D eigenvalue weighted by atomic mass is 10.0. The Labute approximate surface area is 199 Å². The molecule has 0 aliphatic heterocycles. The summed E-state index contributed by atoms with van der Waals surface area (Å²) in [5.74, 6) is 0.572. The monoisotopic (exact) mass is 459 g/mol. The molecule has 0 aromatic heterocycles. The summed E-state index contributed by atoms with van der Waals surface area (Å²) in [5.41, 5.74) is 6.39. The van der Waals surface area contributed by atoms with Gasteiger partial charge in [0.15, 0.2) is 10.6 Å². The molecule has 0 aliphatic rings. The van der Waals surface area contributed by atoms with E-state index in [1.54, 1.807) is 0 Å². The van der Waals surface area contributed by atoms with Gasteiger partial charge in [-0.2, -0.15) is 0 Å². The summed E-state index contributed by atoms with van der Waals surface area (Å²) in [7, 11) is 0. The van der Waals surface area contributed by atoms with Crippen LogP contribution in [0.3, 0.4) is 0 Å². The Morgan fingerprint density at radius 2 is 1.22 bits per heavy atom. The van der Waals surface area contributed by atoms with Crippen LogP contribution in [0.15, 0.2) is 35.2 Å². The van der Waals surface area contributed by atoms with Crippen molar-refractivity contribution >= 4 is 27.6 Å². The Kier molecular flexibility index (Phi) is 13.6. The first-order chi connectivity index (χ1) is 15.6. The normalized spacial score (nSPS) is 12.4. The van der Waals surface area contributed by atoms with Crippen molar-refractivity contribution in [2.45, 2.75) is 115 Å². The molecule has 0 spiro atoms. The maximum absolute atomic E-state index is 12.7. The number of aromatic hydroxyl groups is 1. The molecule has 0 bridgehead atoms. The van der Waals surface area contributed by atoms with Gasteiger partial charge < -0.3 is 15.4 Å². The van der Waals surface area contributed by atoms with E-state index in [0.717, 1.165) is 23.6 Å². The molecule has 0 saturated heterocycles. The number of rotatable bonds is 18. The average molecular weight is 460 g/mol. The van der Waals surface area contributed by atoms with Crippen molar-refractivity contribution in [2.75, 3.05) is 11.5 Å². The van der Waals surface area contributed by atoms with Gasteiger partial charge in [0.05, 0.1) is 5.69 Å². The van der Waals surface area contributed by atoms with Crippen molar-refractivity contribution in [3.63, 3.8) is 0 Å². The van der Waals surface area contributed by atoms with Crippen LogP contribution in [-0.2, 0) is 11.2 Å². The highest BCUT2D eigenvalue weighted by Crippen LogP contribution is 2.36. The summed E-state index contributed by atoms with van der Waals surface area (Å²) >= 11 is -1.21. The van der Waals surface area contributed by atoms with Crippen molar-refractivity contribution < 1.29 is 9.66 Å². The molecular weight excluding hydrogens is 414 g/mol. The number of benzene rings is 2. The Morgan fingerprint density at radius 1 is 0.750 bits per heavy atom. The van der Waals surface area contributed by atoms with Crippen LogP contribution in [0.1, 0.15) is 110 Å². The van der Waals surface area contributed by atoms with Crippen LogP contribution >= 0.6 is 0 Å². The minimum atomic E-state index is -1.21. The first-order valence-corrected chi connectivity index (χ1v) is 14.4. The van der Waals surface area contributed by atoms with Crippen LogP contribution in [0.4, 0.5) is 5.69 Å². The Hall–Kier alpha value is -1.39. The van der Waals surface area contributed by atoms with E-state index in [4.69, 9.17) is 5.73 Å². The van der Waals surface area contributed by atoms with Crippen LogP contribution in [0, 0.1) is 0 Å². The van der Waals surface area contributed by atoms with E-state index in [9.17, 15) is 9.66 Å². The second kappa shape index (κ2) is 16.3. The van der Waals surface area contributed by atoms with Crippen molar-refractivity contribution in [2.24, 2.45) is 0 Å². The van der Waals surface area contributed by atoms with Crippen molar-refractivity contribution in [3.05, 3.63) is 30.3 Å². The standard InChI is InChI=1S/C28H45NO2S/c1-2-3-4-5-6-7-8-9-10-11-12-13-14-15-16-19-22-32(31)26-23-24-20-17-18-21-25(24)27(29)28(26)30/h17-18,20-21,23,30H,2-16,19,22,29H2,1H3. The molecule has 180 valence electrons. The quantitative estimate of drug-likeness (QED) is 0.102. The number of anilines is 1. The lowest BCUT2D eigenvalue weighted by molar-refractivity contribution is 0.462. The predicted molar refractivity (Wildman–Crippen MR) is 141 cm³/mol. The average Bonchev–Trinajstić information content (AvgIpc) is 2.81. The summed E-state index contributed by atoms with van der Waals surface area (Å²) in [6.07, 6.45) is 21.2. The molecule has 2 rings (SSSR count). The number of hydrogen-bond acceptors (Lipinski definition) is 3. The third kappa shape index (κ3) is 9.62. The second-order valence-electron chi connectivity index (χ2n) is 9.21. The fourth-order valence-electron chi connectivity index (χ4n) is 4.40. The first-order valence-electron chi connectivity index (χ1n) is 13.0. The van der Waals surface area contributed by atoms with Gasteiger partial charge in [0.2, 0.25) is 0 Å². The molecule has 0 radical (unpaired) electrons. The largest absolute Gasteiger partial charge is 0.611 e. The highest BCUT2D eigenvalue weighted by Gasteiger charge is 2.20. The minimum Gasteiger partial charge on any atom is -0.611 e. The van der Waals surface area contributed by atoms with Crippen LogP contribution < -0.4 is 5.73 Å². The molecular formula is C28H45NO2S. The van der Waals surface area contributed by atoms with Gasteiger partial charge in [0.25, 0.3) is 0 Å². The van der Waals surface area contributed by atoms with Gasteiger partial charge in [-0.25, -0.2) is 0 Å². The van der Waals surface area contributed by atoms with Crippen LogP contribution in [0.2, 0.25) is 0 Å². The SMILES string of the molecule is CCCCCCCCCCCCCCCCCC[S+]([O-])c1cc2ccccc2c(N)c1O. The van der Waals surface area contributed by atoms with Crippen molar-refractivity contribution in [1.29, 1.82) is 0 Å². The van der Waals surface area contributed by atoms with Gasteiger partial charge in [0.1, 0.15) is 5.75 Å². The Bertz CT molecular complexity index is 764. The maximum atomic E-state index is 12.7. The fraction of sp³-hybridized carbons (Fsp3) is 0.643. The minimum absolute atomic E-state index is 0.0153. The Morgan fingerprint density at radius 3 is 1.75 bits per heavy atom. The molecule has 3 nitrogen and oxygen atoms in total. The topological polar surface area (TPSA) is 69.3 Å². The highest BCUT2D eigenvalue weighted by molar-refractivity contribution is 7.91.